The van der Waals surface area contributed by atoms with Crippen molar-refractivity contribution in [1.29, 1.82) is 5.26 Å². The van der Waals surface area contributed by atoms with Gasteiger partial charge in [0.1, 0.15) is 17.9 Å². The fraction of sp³-hybridized carbons (Fsp3) is 0.167. The van der Waals surface area contributed by atoms with Gasteiger partial charge >= 0.3 is 0 Å². The second-order valence-corrected chi connectivity index (χ2v) is 5.47. The van der Waals surface area contributed by atoms with Gasteiger partial charge in [0.2, 0.25) is 5.91 Å². The molecule has 0 radical (unpaired) electrons. The molecule has 1 aromatic heterocycles. The zero-order valence-corrected chi connectivity index (χ0v) is 13.7. The number of aromatic nitrogens is 3. The first kappa shape index (κ1) is 17.2. The lowest BCUT2D eigenvalue weighted by molar-refractivity contribution is -0.119. The summed E-state index contributed by atoms with van der Waals surface area (Å²) in [5, 5.41) is 16.8. The largest absolute Gasteiger partial charge is 0.307 e. The molecule has 1 amide bonds. The highest BCUT2D eigenvalue weighted by atomic mass is 19.1. The van der Waals surface area contributed by atoms with Crippen LogP contribution in [0.25, 0.3) is 10.9 Å². The molecule has 0 fully saturated rings. The first-order valence-corrected chi connectivity index (χ1v) is 7.86. The van der Waals surface area contributed by atoms with E-state index in [0.717, 1.165) is 9.58 Å². The standard InChI is InChI=1S/C18H14FN5O2/c19-14-7-2-4-9-16(14)23(11-5-10-20)17(25)12-24-18(26)13-6-1-3-8-15(13)21-22-24/h1-4,6-9H,5,11-12H2. The predicted octanol–water partition coefficient (Wildman–Crippen LogP) is 1.88. The number of halogens is 1. The Morgan fingerprint density at radius 3 is 2.69 bits per heavy atom. The number of carbonyl (C=O) groups excluding carboxylic acids is 1. The predicted molar refractivity (Wildman–Crippen MR) is 92.8 cm³/mol. The number of benzene rings is 2. The molecule has 0 aliphatic heterocycles. The Labute approximate surface area is 147 Å². The molecule has 0 atom stereocenters. The molecule has 0 unspecified atom stereocenters. The van der Waals surface area contributed by atoms with Gasteiger partial charge in [0.15, 0.2) is 0 Å². The third-order valence-corrected chi connectivity index (χ3v) is 3.81. The number of nitrogens with zero attached hydrogens (tertiary/aromatic N) is 5. The average Bonchev–Trinajstić information content (AvgIpc) is 2.66. The minimum atomic E-state index is -0.587. The van der Waals surface area contributed by atoms with Gasteiger partial charge in [-0.3, -0.25) is 9.59 Å². The lowest BCUT2D eigenvalue weighted by atomic mass is 10.2. The van der Waals surface area contributed by atoms with Gasteiger partial charge in [-0.05, 0) is 24.3 Å². The van der Waals surface area contributed by atoms with Gasteiger partial charge in [0, 0.05) is 6.54 Å². The number of amides is 1. The van der Waals surface area contributed by atoms with E-state index >= 15 is 0 Å². The summed E-state index contributed by atoms with van der Waals surface area (Å²) in [6.07, 6.45) is 0.0262. The van der Waals surface area contributed by atoms with Crippen LogP contribution in [0, 0.1) is 17.1 Å². The van der Waals surface area contributed by atoms with Crippen molar-refractivity contribution < 1.29 is 9.18 Å². The second kappa shape index (κ2) is 7.53. The van der Waals surface area contributed by atoms with Gasteiger partial charge in [0.05, 0.1) is 23.6 Å². The highest BCUT2D eigenvalue weighted by Gasteiger charge is 2.20. The maximum Gasteiger partial charge on any atom is 0.278 e. The molecule has 7 nitrogen and oxygen atoms in total. The maximum absolute atomic E-state index is 14.1. The highest BCUT2D eigenvalue weighted by Crippen LogP contribution is 2.19. The van der Waals surface area contributed by atoms with E-state index in [1.807, 2.05) is 6.07 Å². The number of hydrogen-bond acceptors (Lipinski definition) is 5. The van der Waals surface area contributed by atoms with Crippen molar-refractivity contribution in [2.45, 2.75) is 13.0 Å². The fourth-order valence-corrected chi connectivity index (χ4v) is 2.55. The Balaban J connectivity index is 1.93. The normalized spacial score (nSPS) is 10.5. The average molecular weight is 351 g/mol. The molecule has 0 aliphatic carbocycles. The molecule has 0 bridgehead atoms. The fourth-order valence-electron chi connectivity index (χ4n) is 2.55. The van der Waals surface area contributed by atoms with Crippen molar-refractivity contribution in [3.05, 3.63) is 64.7 Å². The van der Waals surface area contributed by atoms with Crippen molar-refractivity contribution >= 4 is 22.5 Å². The summed E-state index contributed by atoms with van der Waals surface area (Å²) in [7, 11) is 0. The molecule has 3 rings (SSSR count). The maximum atomic E-state index is 14.1. The lowest BCUT2D eigenvalue weighted by Crippen LogP contribution is -2.38. The Morgan fingerprint density at radius 2 is 1.92 bits per heavy atom. The van der Waals surface area contributed by atoms with Crippen molar-refractivity contribution in [3.63, 3.8) is 0 Å². The van der Waals surface area contributed by atoms with E-state index in [1.165, 1.54) is 18.2 Å². The molecule has 26 heavy (non-hydrogen) atoms. The van der Waals surface area contributed by atoms with Crippen molar-refractivity contribution in [1.82, 2.24) is 15.0 Å². The van der Waals surface area contributed by atoms with Gasteiger partial charge in [0.25, 0.3) is 5.56 Å². The Hall–Kier alpha value is -3.60. The minimum Gasteiger partial charge on any atom is -0.307 e. The summed E-state index contributed by atoms with van der Waals surface area (Å²) < 4.78 is 15.0. The molecule has 3 aromatic rings. The third-order valence-electron chi connectivity index (χ3n) is 3.81. The van der Waals surface area contributed by atoms with E-state index in [2.05, 4.69) is 10.3 Å². The van der Waals surface area contributed by atoms with E-state index < -0.39 is 23.8 Å². The lowest BCUT2D eigenvalue weighted by Gasteiger charge is -2.22. The van der Waals surface area contributed by atoms with Crippen molar-refractivity contribution in [3.8, 4) is 6.07 Å². The van der Waals surface area contributed by atoms with E-state index in [-0.39, 0.29) is 18.7 Å². The second-order valence-electron chi connectivity index (χ2n) is 5.47. The van der Waals surface area contributed by atoms with Crippen LogP contribution in [0.5, 0.6) is 0 Å². The molecule has 8 heteroatoms. The first-order chi connectivity index (χ1) is 12.6. The van der Waals surface area contributed by atoms with Crippen LogP contribution in [-0.2, 0) is 11.3 Å². The monoisotopic (exact) mass is 351 g/mol. The summed E-state index contributed by atoms with van der Waals surface area (Å²) in [4.78, 5) is 26.3. The third kappa shape index (κ3) is 3.42. The summed E-state index contributed by atoms with van der Waals surface area (Å²) in [5.74, 6) is -1.15. The number of rotatable bonds is 5. The molecule has 0 spiro atoms. The zero-order chi connectivity index (χ0) is 18.5. The molecule has 0 aliphatic rings. The number of hydrogen-bond donors (Lipinski definition) is 0. The quantitative estimate of drug-likeness (QED) is 0.700. The van der Waals surface area contributed by atoms with Crippen LogP contribution in [-0.4, -0.2) is 27.4 Å². The number of para-hydroxylation sites is 1. The van der Waals surface area contributed by atoms with Gasteiger partial charge in [-0.2, -0.15) is 5.26 Å². The van der Waals surface area contributed by atoms with Gasteiger partial charge in [-0.15, -0.1) is 5.10 Å². The molecule has 0 N–H and O–H groups in total. The summed E-state index contributed by atoms with van der Waals surface area (Å²) >= 11 is 0. The van der Waals surface area contributed by atoms with E-state index in [9.17, 15) is 14.0 Å². The molecule has 2 aromatic carbocycles. The van der Waals surface area contributed by atoms with E-state index in [1.54, 1.807) is 30.3 Å². The topological polar surface area (TPSA) is 91.9 Å². The Morgan fingerprint density at radius 1 is 1.19 bits per heavy atom. The molecule has 0 saturated carbocycles. The molecule has 130 valence electrons. The Bertz CT molecular complexity index is 1060. The van der Waals surface area contributed by atoms with Crippen LogP contribution in [0.2, 0.25) is 0 Å². The zero-order valence-electron chi connectivity index (χ0n) is 13.7. The number of nitriles is 1. The SMILES string of the molecule is N#CCCN(C(=O)Cn1nnc2ccccc2c1=O)c1ccccc1F. The van der Waals surface area contributed by atoms with Crippen LogP contribution in [0.1, 0.15) is 6.42 Å². The van der Waals surface area contributed by atoms with Gasteiger partial charge in [-0.1, -0.05) is 29.5 Å². The molecule has 0 saturated heterocycles. The molecular weight excluding hydrogens is 337 g/mol. The highest BCUT2D eigenvalue weighted by molar-refractivity contribution is 5.93. The molecule has 1 heterocycles. The van der Waals surface area contributed by atoms with Gasteiger partial charge < -0.3 is 4.90 Å². The van der Waals surface area contributed by atoms with Crippen molar-refractivity contribution in [2.24, 2.45) is 0 Å². The number of anilines is 1. The van der Waals surface area contributed by atoms with Crippen molar-refractivity contribution in [2.75, 3.05) is 11.4 Å². The van der Waals surface area contributed by atoms with Crippen LogP contribution in [0.3, 0.4) is 0 Å². The van der Waals surface area contributed by atoms with Crippen LogP contribution in [0.15, 0.2) is 53.3 Å². The van der Waals surface area contributed by atoms with E-state index in [4.69, 9.17) is 5.26 Å². The van der Waals surface area contributed by atoms with Crippen LogP contribution >= 0.6 is 0 Å². The Kier molecular flexibility index (Phi) is 4.99. The van der Waals surface area contributed by atoms with Crippen LogP contribution < -0.4 is 10.5 Å². The smallest absolute Gasteiger partial charge is 0.278 e. The molecular formula is C18H14FN5O2. The summed E-state index contributed by atoms with van der Waals surface area (Å²) in [6, 6.07) is 14.4. The van der Waals surface area contributed by atoms with Gasteiger partial charge in [-0.25, -0.2) is 9.07 Å². The van der Waals surface area contributed by atoms with E-state index in [0.29, 0.717) is 10.9 Å². The van der Waals surface area contributed by atoms with Crippen LogP contribution in [0.4, 0.5) is 10.1 Å². The summed E-state index contributed by atoms with van der Waals surface area (Å²) in [5.41, 5.74) is 0.0175. The number of fused-ring (bicyclic) bond motifs is 1. The minimum absolute atomic E-state index is 0.00598. The number of carbonyl (C=O) groups is 1. The first-order valence-electron chi connectivity index (χ1n) is 7.86. The summed E-state index contributed by atoms with van der Waals surface area (Å²) in [6.45, 7) is -0.400.